The first-order valence-corrected chi connectivity index (χ1v) is 9.70. The van der Waals surface area contributed by atoms with Gasteiger partial charge < -0.3 is 14.2 Å². The van der Waals surface area contributed by atoms with Gasteiger partial charge in [-0.25, -0.2) is 4.79 Å². The second-order valence-electron chi connectivity index (χ2n) is 6.58. The molecule has 5 nitrogen and oxygen atoms in total. The van der Waals surface area contributed by atoms with Gasteiger partial charge in [-0.05, 0) is 55.7 Å². The summed E-state index contributed by atoms with van der Waals surface area (Å²) in [6, 6.07) is 10.9. The van der Waals surface area contributed by atoms with E-state index in [1.165, 1.54) is 0 Å². The van der Waals surface area contributed by atoms with Crippen LogP contribution in [0, 0.1) is 0 Å². The molecule has 1 aliphatic heterocycles. The quantitative estimate of drug-likeness (QED) is 0.688. The van der Waals surface area contributed by atoms with Gasteiger partial charge in [0.1, 0.15) is 5.69 Å². The van der Waals surface area contributed by atoms with E-state index in [9.17, 15) is 9.59 Å². The molecule has 1 aromatic carbocycles. The number of ether oxygens (including phenoxy) is 1. The van der Waals surface area contributed by atoms with E-state index in [0.717, 1.165) is 30.3 Å². The Labute approximate surface area is 162 Å². The molecular weight excluding hydrogens is 396 g/mol. The number of halogens is 1. The molecule has 1 aliphatic rings. The van der Waals surface area contributed by atoms with Crippen molar-refractivity contribution in [3.8, 4) is 0 Å². The molecule has 0 spiro atoms. The summed E-state index contributed by atoms with van der Waals surface area (Å²) in [5.41, 5.74) is 1.23. The lowest BCUT2D eigenvalue weighted by Gasteiger charge is -2.35. The lowest BCUT2D eigenvalue weighted by molar-refractivity contribution is 0.0406. The third kappa shape index (κ3) is 4.36. The minimum absolute atomic E-state index is 0.0569. The molecule has 1 amide bonds. The minimum atomic E-state index is -0.325. The van der Waals surface area contributed by atoms with Crippen LogP contribution < -0.4 is 0 Å². The van der Waals surface area contributed by atoms with Crippen LogP contribution in [-0.4, -0.2) is 40.5 Å². The van der Waals surface area contributed by atoms with Crippen LogP contribution in [0.15, 0.2) is 47.1 Å². The van der Waals surface area contributed by atoms with Gasteiger partial charge in [0, 0.05) is 36.7 Å². The number of carbonyl (C=O) groups is 2. The van der Waals surface area contributed by atoms with E-state index in [1.54, 1.807) is 12.1 Å². The molecule has 26 heavy (non-hydrogen) atoms. The van der Waals surface area contributed by atoms with Crippen molar-refractivity contribution in [2.75, 3.05) is 13.2 Å². The topological polar surface area (TPSA) is 51.5 Å². The summed E-state index contributed by atoms with van der Waals surface area (Å²) in [5.74, 6) is -0.268. The zero-order valence-corrected chi connectivity index (χ0v) is 16.4. The molecule has 1 atom stereocenters. The van der Waals surface area contributed by atoms with E-state index in [1.807, 2.05) is 47.0 Å². The molecule has 0 bridgehead atoms. The zero-order valence-electron chi connectivity index (χ0n) is 14.9. The van der Waals surface area contributed by atoms with Crippen molar-refractivity contribution < 1.29 is 14.3 Å². The third-order valence-electron chi connectivity index (χ3n) is 4.82. The third-order valence-corrected chi connectivity index (χ3v) is 5.34. The number of nitrogens with zero attached hydrogens (tertiary/aromatic N) is 2. The van der Waals surface area contributed by atoms with Crippen LogP contribution in [0.5, 0.6) is 0 Å². The lowest BCUT2D eigenvalue weighted by Crippen LogP contribution is -2.44. The second kappa shape index (κ2) is 8.54. The maximum atomic E-state index is 12.8. The van der Waals surface area contributed by atoms with E-state index in [-0.39, 0.29) is 17.9 Å². The number of piperidine rings is 1. The van der Waals surface area contributed by atoms with E-state index in [2.05, 4.69) is 15.9 Å². The van der Waals surface area contributed by atoms with Crippen LogP contribution in [-0.2, 0) is 11.8 Å². The Morgan fingerprint density at radius 1 is 1.19 bits per heavy atom. The number of aryl methyl sites for hydroxylation is 1. The van der Waals surface area contributed by atoms with Gasteiger partial charge in [0.2, 0.25) is 0 Å². The fourth-order valence-corrected chi connectivity index (χ4v) is 3.62. The van der Waals surface area contributed by atoms with Gasteiger partial charge in [-0.1, -0.05) is 15.9 Å². The Balaban J connectivity index is 1.57. The number of benzene rings is 1. The van der Waals surface area contributed by atoms with E-state index < -0.39 is 0 Å². The summed E-state index contributed by atoms with van der Waals surface area (Å²) < 4.78 is 8.19. The number of likely N-dealkylation sites (tertiary alicyclic amines) is 1. The fourth-order valence-electron chi connectivity index (χ4n) is 3.36. The van der Waals surface area contributed by atoms with Crippen LogP contribution in [0.3, 0.4) is 0 Å². The Kier molecular flexibility index (Phi) is 6.14. The highest BCUT2D eigenvalue weighted by molar-refractivity contribution is 9.10. The summed E-state index contributed by atoms with van der Waals surface area (Å²) >= 11 is 3.35. The number of amides is 1. The Morgan fingerprint density at radius 2 is 1.96 bits per heavy atom. The summed E-state index contributed by atoms with van der Waals surface area (Å²) in [4.78, 5) is 26.9. The van der Waals surface area contributed by atoms with Gasteiger partial charge in [0.05, 0.1) is 12.2 Å². The fraction of sp³-hybridized carbons (Fsp3) is 0.400. The predicted octanol–water partition coefficient (Wildman–Crippen LogP) is 4.03. The number of hydrogen-bond acceptors (Lipinski definition) is 3. The molecule has 138 valence electrons. The summed E-state index contributed by atoms with van der Waals surface area (Å²) in [6.45, 7) is 1.08. The first kappa shape index (κ1) is 18.7. The molecule has 1 unspecified atom stereocenters. The molecule has 2 aromatic rings. The van der Waals surface area contributed by atoms with Gasteiger partial charge in [0.25, 0.3) is 5.91 Å². The molecule has 1 aromatic heterocycles. The van der Waals surface area contributed by atoms with Crippen LogP contribution in [0.1, 0.15) is 46.5 Å². The maximum Gasteiger partial charge on any atom is 0.338 e. The van der Waals surface area contributed by atoms with Gasteiger partial charge in [-0.3, -0.25) is 4.79 Å². The van der Waals surface area contributed by atoms with Crippen molar-refractivity contribution in [1.82, 2.24) is 9.47 Å². The second-order valence-corrected chi connectivity index (χ2v) is 7.50. The highest BCUT2D eigenvalue weighted by atomic mass is 79.9. The Bertz CT molecular complexity index is 770. The van der Waals surface area contributed by atoms with Crippen LogP contribution in [0.2, 0.25) is 0 Å². The molecule has 1 fully saturated rings. The number of esters is 1. The summed E-state index contributed by atoms with van der Waals surface area (Å²) in [7, 11) is 1.88. The average molecular weight is 419 g/mol. The first-order chi connectivity index (χ1) is 12.6. The normalized spacial score (nSPS) is 17.2. The molecule has 2 heterocycles. The number of hydrogen-bond donors (Lipinski definition) is 0. The molecule has 0 radical (unpaired) electrons. The van der Waals surface area contributed by atoms with Crippen LogP contribution in [0.25, 0.3) is 0 Å². The number of carbonyl (C=O) groups excluding carboxylic acids is 2. The van der Waals surface area contributed by atoms with Crippen molar-refractivity contribution in [2.24, 2.45) is 7.05 Å². The van der Waals surface area contributed by atoms with Gasteiger partial charge >= 0.3 is 5.97 Å². The Morgan fingerprint density at radius 3 is 2.65 bits per heavy atom. The van der Waals surface area contributed by atoms with Crippen molar-refractivity contribution in [3.05, 3.63) is 58.3 Å². The van der Waals surface area contributed by atoms with E-state index in [0.29, 0.717) is 24.3 Å². The Hall–Kier alpha value is -2.08. The maximum absolute atomic E-state index is 12.8. The van der Waals surface area contributed by atoms with Crippen molar-refractivity contribution in [2.45, 2.75) is 31.7 Å². The van der Waals surface area contributed by atoms with Gasteiger partial charge in [-0.15, -0.1) is 0 Å². The lowest BCUT2D eigenvalue weighted by atomic mass is 9.99. The van der Waals surface area contributed by atoms with Crippen molar-refractivity contribution in [3.63, 3.8) is 0 Å². The van der Waals surface area contributed by atoms with Crippen LogP contribution >= 0.6 is 15.9 Å². The minimum Gasteiger partial charge on any atom is -0.462 e. The molecular formula is C20H23BrN2O3. The molecule has 0 saturated carbocycles. The molecule has 6 heteroatoms. The predicted molar refractivity (Wildman–Crippen MR) is 103 cm³/mol. The largest absolute Gasteiger partial charge is 0.462 e. The monoisotopic (exact) mass is 418 g/mol. The van der Waals surface area contributed by atoms with E-state index >= 15 is 0 Å². The summed E-state index contributed by atoms with van der Waals surface area (Å²) in [5, 5.41) is 0. The van der Waals surface area contributed by atoms with E-state index in [4.69, 9.17) is 4.74 Å². The van der Waals surface area contributed by atoms with Gasteiger partial charge in [0.15, 0.2) is 0 Å². The summed E-state index contributed by atoms with van der Waals surface area (Å²) in [6.07, 6.45) is 5.62. The molecule has 3 rings (SSSR count). The smallest absolute Gasteiger partial charge is 0.338 e. The SMILES string of the molecule is Cn1cccc1C(=O)N1CCCCC1CCOC(=O)c1ccc(Br)cc1. The van der Waals surface area contributed by atoms with Crippen molar-refractivity contribution in [1.29, 1.82) is 0 Å². The van der Waals surface area contributed by atoms with Crippen LogP contribution in [0.4, 0.5) is 0 Å². The molecule has 0 N–H and O–H groups in total. The highest BCUT2D eigenvalue weighted by Gasteiger charge is 2.28. The molecule has 1 saturated heterocycles. The van der Waals surface area contributed by atoms with Gasteiger partial charge in [-0.2, -0.15) is 0 Å². The van der Waals surface area contributed by atoms with Crippen molar-refractivity contribution >= 4 is 27.8 Å². The molecule has 0 aliphatic carbocycles. The first-order valence-electron chi connectivity index (χ1n) is 8.91. The zero-order chi connectivity index (χ0) is 18.5. The highest BCUT2D eigenvalue weighted by Crippen LogP contribution is 2.22. The number of aromatic nitrogens is 1. The standard InChI is InChI=1S/C20H23BrN2O3/c1-22-12-4-6-18(22)19(24)23-13-3-2-5-17(23)11-14-26-20(25)15-7-9-16(21)10-8-15/h4,6-10,12,17H,2-3,5,11,13-14H2,1H3. The number of rotatable bonds is 5. The average Bonchev–Trinajstić information content (AvgIpc) is 3.08.